The van der Waals surface area contributed by atoms with E-state index in [1.165, 1.54) is 22.3 Å². The highest BCUT2D eigenvalue weighted by molar-refractivity contribution is 5.67. The van der Waals surface area contributed by atoms with E-state index in [0.29, 0.717) is 0 Å². The summed E-state index contributed by atoms with van der Waals surface area (Å²) in [7, 11) is 0. The number of nitrogens with zero attached hydrogens (tertiary/aromatic N) is 2. The van der Waals surface area contributed by atoms with Crippen molar-refractivity contribution >= 4 is 5.82 Å². The Bertz CT molecular complexity index is 723. The van der Waals surface area contributed by atoms with Crippen LogP contribution >= 0.6 is 0 Å². The lowest BCUT2D eigenvalue weighted by atomic mass is 9.99. The second-order valence-corrected chi connectivity index (χ2v) is 4.96. The van der Waals surface area contributed by atoms with E-state index in [1.807, 2.05) is 0 Å². The number of nitrogens with one attached hydrogen (secondary N) is 1. The second-order valence-electron chi connectivity index (χ2n) is 4.96. The van der Waals surface area contributed by atoms with Crippen molar-refractivity contribution in [1.29, 1.82) is 0 Å². The molecule has 3 heteroatoms. The molecule has 0 radical (unpaired) electrons. The largest absolute Gasteiger partial charge is 0.365 e. The van der Waals surface area contributed by atoms with Gasteiger partial charge in [-0.1, -0.05) is 42.5 Å². The Hall–Kier alpha value is -2.68. The number of benzene rings is 2. The molecule has 0 saturated carbocycles. The summed E-state index contributed by atoms with van der Waals surface area (Å²) in [6, 6.07) is 17.0. The molecular formula is C18H17N3. The number of hydrogen-bond acceptors (Lipinski definition) is 3. The molecule has 3 rings (SSSR count). The van der Waals surface area contributed by atoms with E-state index >= 15 is 0 Å². The van der Waals surface area contributed by atoms with Crippen molar-refractivity contribution in [2.45, 2.75) is 13.5 Å². The second kappa shape index (κ2) is 6.18. The molecule has 0 fully saturated rings. The molecule has 21 heavy (non-hydrogen) atoms. The fourth-order valence-corrected chi connectivity index (χ4v) is 2.33. The fourth-order valence-electron chi connectivity index (χ4n) is 2.33. The van der Waals surface area contributed by atoms with Gasteiger partial charge < -0.3 is 5.32 Å². The lowest BCUT2D eigenvalue weighted by molar-refractivity contribution is 1.09. The normalized spacial score (nSPS) is 10.3. The maximum absolute atomic E-state index is 4.21. The van der Waals surface area contributed by atoms with Crippen LogP contribution in [0.2, 0.25) is 0 Å². The Labute approximate surface area is 124 Å². The molecule has 0 unspecified atom stereocenters. The van der Waals surface area contributed by atoms with E-state index in [4.69, 9.17) is 0 Å². The quantitative estimate of drug-likeness (QED) is 0.780. The Kier molecular flexibility index (Phi) is 3.92. The van der Waals surface area contributed by atoms with Crippen LogP contribution in [0.25, 0.3) is 11.1 Å². The highest BCUT2D eigenvalue weighted by atomic mass is 15.0. The Morgan fingerprint density at radius 3 is 2.71 bits per heavy atom. The Morgan fingerprint density at radius 1 is 1.00 bits per heavy atom. The summed E-state index contributed by atoms with van der Waals surface area (Å²) in [6.45, 7) is 2.87. The molecule has 0 aliphatic rings. The number of anilines is 1. The van der Waals surface area contributed by atoms with Crippen LogP contribution in [0.4, 0.5) is 5.82 Å². The summed E-state index contributed by atoms with van der Waals surface area (Å²) < 4.78 is 0. The Balaban J connectivity index is 1.79. The first-order valence-corrected chi connectivity index (χ1v) is 6.98. The molecule has 1 heterocycles. The van der Waals surface area contributed by atoms with E-state index in [1.54, 1.807) is 18.6 Å². The van der Waals surface area contributed by atoms with Gasteiger partial charge >= 0.3 is 0 Å². The van der Waals surface area contributed by atoms with Crippen LogP contribution in [-0.4, -0.2) is 9.97 Å². The van der Waals surface area contributed by atoms with Gasteiger partial charge in [-0.05, 0) is 35.2 Å². The van der Waals surface area contributed by atoms with Gasteiger partial charge in [0.2, 0.25) is 0 Å². The lowest BCUT2D eigenvalue weighted by Crippen LogP contribution is -2.01. The molecule has 1 aromatic heterocycles. The molecule has 0 spiro atoms. The van der Waals surface area contributed by atoms with Gasteiger partial charge in [0.25, 0.3) is 0 Å². The van der Waals surface area contributed by atoms with Crippen LogP contribution in [0.5, 0.6) is 0 Å². The molecule has 0 atom stereocenters. The summed E-state index contributed by atoms with van der Waals surface area (Å²) in [5.74, 6) is 0.791. The zero-order valence-corrected chi connectivity index (χ0v) is 12.0. The van der Waals surface area contributed by atoms with E-state index < -0.39 is 0 Å². The van der Waals surface area contributed by atoms with E-state index in [0.717, 1.165) is 12.4 Å². The molecule has 0 amide bonds. The number of rotatable bonds is 4. The highest BCUT2D eigenvalue weighted by Crippen LogP contribution is 2.24. The Morgan fingerprint density at radius 2 is 1.90 bits per heavy atom. The first-order valence-electron chi connectivity index (χ1n) is 6.98. The molecule has 0 bridgehead atoms. The first kappa shape index (κ1) is 13.3. The maximum Gasteiger partial charge on any atom is 0.144 e. The third kappa shape index (κ3) is 3.26. The fraction of sp³-hybridized carbons (Fsp3) is 0.111. The summed E-state index contributed by atoms with van der Waals surface area (Å²) in [4.78, 5) is 8.26. The number of aryl methyl sites for hydroxylation is 1. The SMILES string of the molecule is Cc1ccccc1-c1cccc(CNc2cnccn2)c1. The van der Waals surface area contributed by atoms with Crippen molar-refractivity contribution in [2.75, 3.05) is 5.32 Å². The van der Waals surface area contributed by atoms with Gasteiger partial charge in [-0.25, -0.2) is 4.98 Å². The molecule has 3 aromatic rings. The van der Waals surface area contributed by atoms with E-state index in [9.17, 15) is 0 Å². The predicted molar refractivity (Wildman–Crippen MR) is 86.0 cm³/mol. The lowest BCUT2D eigenvalue weighted by Gasteiger charge is -2.09. The minimum atomic E-state index is 0.735. The van der Waals surface area contributed by atoms with Crippen molar-refractivity contribution in [3.05, 3.63) is 78.2 Å². The minimum Gasteiger partial charge on any atom is -0.365 e. The van der Waals surface area contributed by atoms with Gasteiger partial charge in [0, 0.05) is 18.9 Å². The number of aromatic nitrogens is 2. The smallest absolute Gasteiger partial charge is 0.144 e. The first-order chi connectivity index (χ1) is 10.3. The number of hydrogen-bond donors (Lipinski definition) is 1. The van der Waals surface area contributed by atoms with Crippen LogP contribution in [0.3, 0.4) is 0 Å². The van der Waals surface area contributed by atoms with Crippen LogP contribution in [0.1, 0.15) is 11.1 Å². The highest BCUT2D eigenvalue weighted by Gasteiger charge is 2.02. The maximum atomic E-state index is 4.21. The average molecular weight is 275 g/mol. The molecule has 3 nitrogen and oxygen atoms in total. The van der Waals surface area contributed by atoms with Crippen molar-refractivity contribution < 1.29 is 0 Å². The monoisotopic (exact) mass is 275 g/mol. The standard InChI is InChI=1S/C18H17N3/c1-14-5-2-3-8-17(14)16-7-4-6-15(11-16)12-21-18-13-19-9-10-20-18/h2-11,13H,12H2,1H3,(H,20,21). The van der Waals surface area contributed by atoms with Gasteiger partial charge in [0.1, 0.15) is 5.82 Å². The third-order valence-electron chi connectivity index (χ3n) is 3.42. The summed E-state index contributed by atoms with van der Waals surface area (Å²) in [5, 5.41) is 3.28. The molecular weight excluding hydrogens is 258 g/mol. The molecule has 0 aliphatic carbocycles. The van der Waals surface area contributed by atoms with Gasteiger partial charge in [0.15, 0.2) is 0 Å². The van der Waals surface area contributed by atoms with Crippen molar-refractivity contribution in [3.63, 3.8) is 0 Å². The van der Waals surface area contributed by atoms with Crippen LogP contribution in [0, 0.1) is 6.92 Å². The van der Waals surface area contributed by atoms with Crippen LogP contribution in [-0.2, 0) is 6.54 Å². The van der Waals surface area contributed by atoms with Gasteiger partial charge in [-0.15, -0.1) is 0 Å². The van der Waals surface area contributed by atoms with E-state index in [-0.39, 0.29) is 0 Å². The van der Waals surface area contributed by atoms with Gasteiger partial charge in [-0.2, -0.15) is 0 Å². The van der Waals surface area contributed by atoms with Gasteiger partial charge in [0.05, 0.1) is 6.20 Å². The third-order valence-corrected chi connectivity index (χ3v) is 3.42. The molecule has 104 valence electrons. The zero-order chi connectivity index (χ0) is 14.5. The van der Waals surface area contributed by atoms with Crippen molar-refractivity contribution in [2.24, 2.45) is 0 Å². The van der Waals surface area contributed by atoms with Crippen LogP contribution < -0.4 is 5.32 Å². The summed E-state index contributed by atoms with van der Waals surface area (Å²) in [6.07, 6.45) is 5.08. The predicted octanol–water partition coefficient (Wildman–Crippen LogP) is 4.06. The molecule has 0 aliphatic heterocycles. The van der Waals surface area contributed by atoms with E-state index in [2.05, 4.69) is 70.7 Å². The zero-order valence-electron chi connectivity index (χ0n) is 12.0. The minimum absolute atomic E-state index is 0.735. The van der Waals surface area contributed by atoms with Gasteiger partial charge in [-0.3, -0.25) is 4.98 Å². The molecule has 0 saturated heterocycles. The molecule has 2 aromatic carbocycles. The molecule has 1 N–H and O–H groups in total. The van der Waals surface area contributed by atoms with Crippen LogP contribution in [0.15, 0.2) is 67.1 Å². The van der Waals surface area contributed by atoms with Crippen molar-refractivity contribution in [3.8, 4) is 11.1 Å². The average Bonchev–Trinajstić information content (AvgIpc) is 2.55. The summed E-state index contributed by atoms with van der Waals surface area (Å²) in [5.41, 5.74) is 5.03. The van der Waals surface area contributed by atoms with Crippen molar-refractivity contribution in [1.82, 2.24) is 9.97 Å². The summed E-state index contributed by atoms with van der Waals surface area (Å²) >= 11 is 0. The topological polar surface area (TPSA) is 37.8 Å².